The summed E-state index contributed by atoms with van der Waals surface area (Å²) in [7, 11) is 2.93. The van der Waals surface area contributed by atoms with Crippen LogP contribution in [-0.4, -0.2) is 28.5 Å². The van der Waals surface area contributed by atoms with E-state index in [1.165, 1.54) is 31.2 Å². The molecule has 11 heteroatoms. The zero-order chi connectivity index (χ0) is 17.6. The lowest BCUT2D eigenvalue weighted by Crippen LogP contribution is -2.37. The van der Waals surface area contributed by atoms with Crippen LogP contribution in [0, 0.1) is 0 Å². The number of hydrogen-bond donors (Lipinski definition) is 0. The van der Waals surface area contributed by atoms with Gasteiger partial charge >= 0.3 is 5.69 Å². The largest absolute Gasteiger partial charge is 0.332 e. The van der Waals surface area contributed by atoms with Crippen molar-refractivity contribution in [2.75, 3.05) is 0 Å². The fraction of sp³-hybridized carbons (Fsp3) is 0.308. The van der Waals surface area contributed by atoms with E-state index in [-0.39, 0.29) is 34.3 Å². The molecule has 0 fully saturated rings. The first-order valence-corrected chi connectivity index (χ1v) is 7.60. The highest BCUT2D eigenvalue weighted by atomic mass is 35.5. The number of aryl methyl sites for hydroxylation is 3. The van der Waals surface area contributed by atoms with Gasteiger partial charge in [0.15, 0.2) is 11.2 Å². The fourth-order valence-corrected chi connectivity index (χ4v) is 2.64. The van der Waals surface area contributed by atoms with E-state index in [1.54, 1.807) is 4.57 Å². The van der Waals surface area contributed by atoms with E-state index in [0.717, 1.165) is 9.25 Å². The number of imidazole rings is 1. The molecule has 3 aromatic rings. The molecular weight excluding hydrogens is 359 g/mol. The van der Waals surface area contributed by atoms with Crippen molar-refractivity contribution in [2.24, 2.45) is 14.1 Å². The fourth-order valence-electron chi connectivity index (χ4n) is 2.37. The molecule has 0 spiro atoms. The zero-order valence-corrected chi connectivity index (χ0v) is 14.2. The van der Waals surface area contributed by atoms with E-state index in [0.29, 0.717) is 0 Å². The molecule has 0 aliphatic rings. The van der Waals surface area contributed by atoms with Crippen LogP contribution in [0.3, 0.4) is 0 Å². The first kappa shape index (κ1) is 16.5. The first-order chi connectivity index (χ1) is 11.3. The normalized spacial score (nSPS) is 11.3. The molecule has 9 nitrogen and oxygen atoms in total. The second-order valence-corrected chi connectivity index (χ2v) is 5.94. The zero-order valence-electron chi connectivity index (χ0n) is 12.7. The van der Waals surface area contributed by atoms with E-state index in [4.69, 9.17) is 23.2 Å². The summed E-state index contributed by atoms with van der Waals surface area (Å²) in [5, 5.41) is 3.87. The predicted octanol–water partition coefficient (Wildman–Crippen LogP) is -0.00260. The lowest BCUT2D eigenvalue weighted by molar-refractivity contribution is 0.515. The van der Waals surface area contributed by atoms with E-state index in [1.807, 2.05) is 0 Å². The molecule has 0 amide bonds. The Morgan fingerprint density at radius 3 is 2.46 bits per heavy atom. The van der Waals surface area contributed by atoms with Gasteiger partial charge in [0.1, 0.15) is 5.02 Å². The maximum absolute atomic E-state index is 12.3. The highest BCUT2D eigenvalue weighted by Crippen LogP contribution is 2.14. The quantitative estimate of drug-likeness (QED) is 0.646. The Labute approximate surface area is 144 Å². The Hall–Kier alpha value is -2.39. The summed E-state index contributed by atoms with van der Waals surface area (Å²) < 4.78 is 5.00. The van der Waals surface area contributed by atoms with Gasteiger partial charge in [-0.1, -0.05) is 23.2 Å². The van der Waals surface area contributed by atoms with Gasteiger partial charge in [0, 0.05) is 20.6 Å². The number of hydrogen-bond acceptors (Lipinski definition) is 5. The van der Waals surface area contributed by atoms with Crippen molar-refractivity contribution in [2.45, 2.75) is 13.1 Å². The predicted molar refractivity (Wildman–Crippen MR) is 88.7 cm³/mol. The van der Waals surface area contributed by atoms with Crippen LogP contribution in [-0.2, 0) is 27.2 Å². The molecule has 3 heterocycles. The number of aromatic nitrogens is 6. The van der Waals surface area contributed by atoms with Crippen molar-refractivity contribution in [3.63, 3.8) is 0 Å². The summed E-state index contributed by atoms with van der Waals surface area (Å²) in [6, 6.07) is 0. The van der Waals surface area contributed by atoms with Crippen molar-refractivity contribution in [1.29, 1.82) is 0 Å². The minimum absolute atomic E-state index is 0.0786. The van der Waals surface area contributed by atoms with E-state index >= 15 is 0 Å². The molecule has 24 heavy (non-hydrogen) atoms. The molecule has 0 unspecified atom stereocenters. The van der Waals surface area contributed by atoms with Gasteiger partial charge < -0.3 is 4.57 Å². The maximum atomic E-state index is 12.3. The van der Waals surface area contributed by atoms with E-state index in [2.05, 4.69) is 10.1 Å². The molecular formula is C13H12Cl2N6O3. The third kappa shape index (κ3) is 2.45. The minimum atomic E-state index is -0.520. The molecule has 0 bridgehead atoms. The van der Waals surface area contributed by atoms with Crippen LogP contribution in [0.15, 0.2) is 26.9 Å². The van der Waals surface area contributed by atoms with Gasteiger partial charge in [-0.15, -0.1) is 0 Å². The summed E-state index contributed by atoms with van der Waals surface area (Å²) in [6.07, 6.45) is 2.72. The average molecular weight is 371 g/mol. The smallest absolute Gasteiger partial charge is 0.323 e. The summed E-state index contributed by atoms with van der Waals surface area (Å²) in [4.78, 5) is 40.3. The Balaban J connectivity index is 2.04. The lowest BCUT2D eigenvalue weighted by atomic mass is 10.4. The number of halogens is 2. The molecule has 0 saturated heterocycles. The van der Waals surface area contributed by atoms with E-state index in [9.17, 15) is 14.4 Å². The monoisotopic (exact) mass is 370 g/mol. The van der Waals surface area contributed by atoms with Crippen molar-refractivity contribution < 1.29 is 0 Å². The van der Waals surface area contributed by atoms with Crippen LogP contribution in [0.25, 0.3) is 11.2 Å². The second kappa shape index (κ2) is 5.91. The Morgan fingerprint density at radius 1 is 1.04 bits per heavy atom. The van der Waals surface area contributed by atoms with Gasteiger partial charge in [0.05, 0.1) is 24.1 Å². The molecule has 0 aromatic carbocycles. The maximum Gasteiger partial charge on any atom is 0.332 e. The third-order valence-corrected chi connectivity index (χ3v) is 4.46. The molecule has 3 aromatic heterocycles. The van der Waals surface area contributed by atoms with Crippen LogP contribution in [0.5, 0.6) is 0 Å². The molecule has 0 N–H and O–H groups in total. The minimum Gasteiger partial charge on any atom is -0.323 e. The Kier molecular flexibility index (Phi) is 4.06. The van der Waals surface area contributed by atoms with Crippen molar-refractivity contribution in [3.8, 4) is 0 Å². The van der Waals surface area contributed by atoms with Gasteiger partial charge in [-0.25, -0.2) is 14.5 Å². The van der Waals surface area contributed by atoms with Crippen LogP contribution < -0.4 is 16.8 Å². The van der Waals surface area contributed by atoms with Crippen molar-refractivity contribution in [3.05, 3.63) is 53.8 Å². The molecule has 0 atom stereocenters. The highest BCUT2D eigenvalue weighted by Gasteiger charge is 2.14. The Morgan fingerprint density at radius 2 is 1.75 bits per heavy atom. The second-order valence-electron chi connectivity index (χ2n) is 5.15. The molecule has 0 aliphatic carbocycles. The van der Waals surface area contributed by atoms with Crippen LogP contribution >= 0.6 is 23.2 Å². The summed E-state index contributed by atoms with van der Waals surface area (Å²) in [6.45, 7) is 0.405. The number of rotatable bonds is 3. The number of fused-ring (bicyclic) bond motifs is 1. The topological polar surface area (TPSA) is 96.7 Å². The van der Waals surface area contributed by atoms with Crippen LogP contribution in [0.1, 0.15) is 0 Å². The number of nitrogens with zero attached hydrogens (tertiary/aromatic N) is 6. The lowest BCUT2D eigenvalue weighted by Gasteiger charge is -2.08. The van der Waals surface area contributed by atoms with Gasteiger partial charge in [0.25, 0.3) is 11.1 Å². The summed E-state index contributed by atoms with van der Waals surface area (Å²) in [5.41, 5.74) is -0.890. The van der Waals surface area contributed by atoms with Crippen molar-refractivity contribution in [1.82, 2.24) is 28.5 Å². The SMILES string of the molecule is Cn1c(=O)c2c(ncn2CCn2ncc(Cl)c(Cl)c2=O)n(C)c1=O. The van der Waals surface area contributed by atoms with Gasteiger partial charge in [-0.2, -0.15) is 5.10 Å². The summed E-state index contributed by atoms with van der Waals surface area (Å²) >= 11 is 11.5. The summed E-state index contributed by atoms with van der Waals surface area (Å²) in [5.74, 6) is 0. The first-order valence-electron chi connectivity index (χ1n) is 6.85. The molecule has 0 radical (unpaired) electrons. The van der Waals surface area contributed by atoms with Crippen LogP contribution in [0.4, 0.5) is 0 Å². The molecule has 126 valence electrons. The highest BCUT2D eigenvalue weighted by molar-refractivity contribution is 6.41. The van der Waals surface area contributed by atoms with Gasteiger partial charge in [0.2, 0.25) is 0 Å². The Bertz CT molecular complexity index is 1120. The third-order valence-electron chi connectivity index (χ3n) is 3.71. The molecule has 3 rings (SSSR count). The molecule has 0 saturated carbocycles. The van der Waals surface area contributed by atoms with Gasteiger partial charge in [-0.05, 0) is 0 Å². The van der Waals surface area contributed by atoms with Crippen LogP contribution in [0.2, 0.25) is 10.0 Å². The average Bonchev–Trinajstić information content (AvgIpc) is 2.99. The molecule has 0 aliphatic heterocycles. The van der Waals surface area contributed by atoms with E-state index < -0.39 is 16.8 Å². The standard InChI is InChI=1S/C13H12Cl2N6O3/c1-18-10-9(12(23)19(2)13(18)24)20(6-16-10)3-4-21-11(22)8(15)7(14)5-17-21/h5-6H,3-4H2,1-2H3. The van der Waals surface area contributed by atoms with Gasteiger partial charge in [-0.3, -0.25) is 18.7 Å². The van der Waals surface area contributed by atoms with Crippen molar-refractivity contribution >= 4 is 34.4 Å².